The van der Waals surface area contributed by atoms with Gasteiger partial charge in [-0.15, -0.1) is 0 Å². The molecule has 0 fully saturated rings. The van der Waals surface area contributed by atoms with Crippen LogP contribution in [0.3, 0.4) is 0 Å². The summed E-state index contributed by atoms with van der Waals surface area (Å²) in [5.41, 5.74) is 5.05. The van der Waals surface area contributed by atoms with Gasteiger partial charge < -0.3 is 15.2 Å². The number of aromatic amines is 2. The molecular formula is C16H14ClN3O5. The number of hydrogen-bond acceptors (Lipinski definition) is 6. The van der Waals surface area contributed by atoms with Gasteiger partial charge in [0.1, 0.15) is 5.57 Å². The van der Waals surface area contributed by atoms with Crippen molar-refractivity contribution in [1.82, 2.24) is 9.97 Å². The van der Waals surface area contributed by atoms with E-state index in [0.717, 1.165) is 0 Å². The van der Waals surface area contributed by atoms with E-state index in [1.807, 2.05) is 0 Å². The molecule has 2 aromatic rings. The van der Waals surface area contributed by atoms with Crippen molar-refractivity contribution in [2.24, 2.45) is 5.73 Å². The van der Waals surface area contributed by atoms with Crippen LogP contribution >= 0.6 is 11.6 Å². The van der Waals surface area contributed by atoms with Gasteiger partial charge in [-0.25, -0.2) is 9.59 Å². The third kappa shape index (κ3) is 3.03. The number of halogens is 1. The molecule has 0 bridgehead atoms. The number of carbonyl (C=O) groups is 1. The van der Waals surface area contributed by atoms with Crippen LogP contribution in [0, 0.1) is 0 Å². The Labute approximate surface area is 146 Å². The fraction of sp³-hybridized carbons (Fsp3) is 0.188. The molecule has 1 aromatic carbocycles. The first-order valence-electron chi connectivity index (χ1n) is 7.39. The number of hydrogen-bond donors (Lipinski definition) is 3. The smallest absolute Gasteiger partial charge is 0.340 e. The molecule has 0 saturated carbocycles. The first-order chi connectivity index (χ1) is 11.9. The normalized spacial score (nSPS) is 16.2. The lowest BCUT2D eigenvalue weighted by atomic mass is 9.84. The molecule has 2 heterocycles. The summed E-state index contributed by atoms with van der Waals surface area (Å²) in [6, 6.07) is 6.54. The van der Waals surface area contributed by atoms with E-state index in [1.165, 1.54) is 0 Å². The number of nitrogens with two attached hydrogens (primary N) is 1. The lowest BCUT2D eigenvalue weighted by Gasteiger charge is -2.26. The van der Waals surface area contributed by atoms with Crippen molar-refractivity contribution in [2.45, 2.75) is 12.8 Å². The molecule has 1 aliphatic rings. The molecule has 25 heavy (non-hydrogen) atoms. The molecule has 0 amide bonds. The molecule has 1 aliphatic heterocycles. The van der Waals surface area contributed by atoms with Gasteiger partial charge in [-0.1, -0.05) is 23.7 Å². The molecule has 4 N–H and O–H groups in total. The minimum atomic E-state index is -0.874. The Morgan fingerprint density at radius 1 is 1.28 bits per heavy atom. The van der Waals surface area contributed by atoms with Gasteiger partial charge in [-0.05, 0) is 24.6 Å². The van der Waals surface area contributed by atoms with Crippen LogP contribution in [0.15, 0.2) is 45.3 Å². The maximum Gasteiger partial charge on any atom is 0.340 e. The van der Waals surface area contributed by atoms with E-state index >= 15 is 0 Å². The lowest BCUT2D eigenvalue weighted by Crippen LogP contribution is -2.35. The molecule has 0 saturated heterocycles. The van der Waals surface area contributed by atoms with E-state index in [4.69, 9.17) is 26.8 Å². The van der Waals surface area contributed by atoms with Gasteiger partial charge >= 0.3 is 11.7 Å². The Morgan fingerprint density at radius 3 is 2.60 bits per heavy atom. The van der Waals surface area contributed by atoms with Crippen LogP contribution in [0.1, 0.15) is 24.0 Å². The molecule has 0 aliphatic carbocycles. The highest BCUT2D eigenvalue weighted by Gasteiger charge is 2.38. The van der Waals surface area contributed by atoms with Gasteiger partial charge in [0.25, 0.3) is 5.56 Å². The maximum atomic E-state index is 12.4. The highest BCUT2D eigenvalue weighted by Crippen LogP contribution is 2.39. The summed E-state index contributed by atoms with van der Waals surface area (Å²) < 4.78 is 10.3. The van der Waals surface area contributed by atoms with Gasteiger partial charge in [-0.2, -0.15) is 0 Å². The quantitative estimate of drug-likeness (QED) is 0.697. The molecule has 1 atom stereocenters. The third-order valence-electron chi connectivity index (χ3n) is 3.70. The molecule has 8 nitrogen and oxygen atoms in total. The SMILES string of the molecule is CCOC(=O)C1=C(N)Oc2[nH]c(=O)[nH]c(=O)c2[C@H]1c1ccc(Cl)cc1. The number of ether oxygens (including phenoxy) is 2. The lowest BCUT2D eigenvalue weighted by molar-refractivity contribution is -0.139. The number of H-pyrrole nitrogens is 2. The number of aromatic nitrogens is 2. The van der Waals surface area contributed by atoms with Crippen molar-refractivity contribution in [3.8, 4) is 5.88 Å². The average Bonchev–Trinajstić information content (AvgIpc) is 2.54. The minimum absolute atomic E-state index is 0.0192. The number of nitrogens with one attached hydrogen (secondary N) is 2. The summed E-state index contributed by atoms with van der Waals surface area (Å²) in [5.74, 6) is -1.94. The van der Waals surface area contributed by atoms with Gasteiger partial charge in [0, 0.05) is 5.02 Å². The molecule has 0 radical (unpaired) electrons. The highest BCUT2D eigenvalue weighted by molar-refractivity contribution is 6.30. The summed E-state index contributed by atoms with van der Waals surface area (Å²) in [6.07, 6.45) is 0. The Hall–Kier alpha value is -3.00. The predicted octanol–water partition coefficient (Wildman–Crippen LogP) is 0.974. The van der Waals surface area contributed by atoms with Crippen LogP contribution in [-0.4, -0.2) is 22.5 Å². The van der Waals surface area contributed by atoms with Crippen LogP contribution in [0.25, 0.3) is 0 Å². The Bertz CT molecular complexity index is 975. The van der Waals surface area contributed by atoms with E-state index in [-0.39, 0.29) is 29.5 Å². The van der Waals surface area contributed by atoms with E-state index in [0.29, 0.717) is 10.6 Å². The zero-order chi connectivity index (χ0) is 18.1. The summed E-state index contributed by atoms with van der Waals surface area (Å²) in [6.45, 7) is 1.77. The molecule has 0 spiro atoms. The van der Waals surface area contributed by atoms with E-state index in [9.17, 15) is 14.4 Å². The zero-order valence-corrected chi connectivity index (χ0v) is 13.8. The second-order valence-electron chi connectivity index (χ2n) is 5.24. The predicted molar refractivity (Wildman–Crippen MR) is 89.5 cm³/mol. The largest absolute Gasteiger partial charge is 0.462 e. The summed E-state index contributed by atoms with van der Waals surface area (Å²) in [5, 5.41) is 0.487. The van der Waals surface area contributed by atoms with Crippen molar-refractivity contribution >= 4 is 17.6 Å². The Morgan fingerprint density at radius 2 is 1.96 bits per heavy atom. The second kappa shape index (κ2) is 6.48. The molecule has 0 unspecified atom stereocenters. The Balaban J connectivity index is 2.27. The van der Waals surface area contributed by atoms with Gasteiger partial charge in [0.2, 0.25) is 11.8 Å². The minimum Gasteiger partial charge on any atom is -0.462 e. The fourth-order valence-corrected chi connectivity index (χ4v) is 2.81. The van der Waals surface area contributed by atoms with Crippen molar-refractivity contribution in [3.05, 3.63) is 72.7 Å². The van der Waals surface area contributed by atoms with Crippen LogP contribution in [0.2, 0.25) is 5.02 Å². The maximum absolute atomic E-state index is 12.4. The molecule has 3 rings (SSSR count). The average molecular weight is 364 g/mol. The van der Waals surface area contributed by atoms with Crippen molar-refractivity contribution in [1.29, 1.82) is 0 Å². The van der Waals surface area contributed by atoms with Crippen molar-refractivity contribution < 1.29 is 14.3 Å². The number of benzene rings is 1. The summed E-state index contributed by atoms with van der Waals surface area (Å²) >= 11 is 5.91. The van der Waals surface area contributed by atoms with Crippen LogP contribution in [-0.2, 0) is 9.53 Å². The summed E-state index contributed by atoms with van der Waals surface area (Å²) in [4.78, 5) is 40.8. The van der Waals surface area contributed by atoms with E-state index < -0.39 is 23.1 Å². The second-order valence-corrected chi connectivity index (χ2v) is 5.67. The van der Waals surface area contributed by atoms with E-state index in [1.54, 1.807) is 31.2 Å². The molecular weight excluding hydrogens is 350 g/mol. The van der Waals surface area contributed by atoms with E-state index in [2.05, 4.69) is 9.97 Å². The van der Waals surface area contributed by atoms with Gasteiger partial charge in [0.05, 0.1) is 18.1 Å². The molecule has 1 aromatic heterocycles. The molecule has 9 heteroatoms. The third-order valence-corrected chi connectivity index (χ3v) is 3.95. The van der Waals surface area contributed by atoms with Crippen LogP contribution in [0.5, 0.6) is 5.88 Å². The number of fused-ring (bicyclic) bond motifs is 1. The topological polar surface area (TPSA) is 127 Å². The number of esters is 1. The fourth-order valence-electron chi connectivity index (χ4n) is 2.69. The molecule has 130 valence electrons. The van der Waals surface area contributed by atoms with Crippen molar-refractivity contribution in [3.63, 3.8) is 0 Å². The van der Waals surface area contributed by atoms with Gasteiger partial charge in [0.15, 0.2) is 0 Å². The monoisotopic (exact) mass is 363 g/mol. The first-order valence-corrected chi connectivity index (χ1v) is 7.76. The van der Waals surface area contributed by atoms with Crippen molar-refractivity contribution in [2.75, 3.05) is 6.61 Å². The van der Waals surface area contributed by atoms with Crippen LogP contribution in [0.4, 0.5) is 0 Å². The highest BCUT2D eigenvalue weighted by atomic mass is 35.5. The van der Waals surface area contributed by atoms with Crippen LogP contribution < -0.4 is 21.7 Å². The first kappa shape index (κ1) is 16.8. The summed E-state index contributed by atoms with van der Waals surface area (Å²) in [7, 11) is 0. The zero-order valence-electron chi connectivity index (χ0n) is 13.1. The van der Waals surface area contributed by atoms with Gasteiger partial charge in [-0.3, -0.25) is 14.8 Å². The standard InChI is InChI=1S/C16H14ClN3O5/c1-2-24-15(22)10-9(7-3-5-8(17)6-4-7)11-13(21)19-16(23)20-14(11)25-12(10)18/h3-6,9H,2,18H2,1H3,(H2,19,20,21,23)/t9-/m0/s1. The number of carbonyl (C=O) groups excluding carboxylic acids is 1. The number of rotatable bonds is 3. The Kier molecular flexibility index (Phi) is 4.37.